The van der Waals surface area contributed by atoms with Gasteiger partial charge >= 0.3 is 0 Å². The molecule has 0 spiro atoms. The molecule has 0 atom stereocenters. The number of amidine groups is 1. The van der Waals surface area contributed by atoms with Crippen molar-refractivity contribution in [3.8, 4) is 0 Å². The van der Waals surface area contributed by atoms with Gasteiger partial charge in [-0.2, -0.15) is 0 Å². The summed E-state index contributed by atoms with van der Waals surface area (Å²) < 4.78 is 5.46. The molecule has 114 valence electrons. The molecule has 1 aromatic carbocycles. The van der Waals surface area contributed by atoms with Crippen LogP contribution in [0, 0.1) is 10.1 Å². The minimum atomic E-state index is -0.512. The number of anilines is 1. The van der Waals surface area contributed by atoms with Gasteiger partial charge in [0.15, 0.2) is 5.84 Å². The molecule has 1 aromatic rings. The van der Waals surface area contributed by atoms with E-state index in [-0.39, 0.29) is 17.1 Å². The highest BCUT2D eigenvalue weighted by Crippen LogP contribution is 2.32. The van der Waals surface area contributed by atoms with Crippen molar-refractivity contribution >= 4 is 17.2 Å². The fourth-order valence-corrected chi connectivity index (χ4v) is 2.44. The van der Waals surface area contributed by atoms with Gasteiger partial charge in [-0.25, -0.2) is 0 Å². The van der Waals surface area contributed by atoms with Crippen molar-refractivity contribution in [3.05, 3.63) is 33.9 Å². The monoisotopic (exact) mass is 294 g/mol. The van der Waals surface area contributed by atoms with Gasteiger partial charge in [0.1, 0.15) is 0 Å². The third-order valence-corrected chi connectivity index (χ3v) is 3.51. The SMILES string of the molecule is CC1(C)COCCN1c1ccc([N+](=O)[O-])cc1C(N)=NO. The number of nitrogens with two attached hydrogens (primary N) is 1. The fourth-order valence-electron chi connectivity index (χ4n) is 2.44. The number of benzene rings is 1. The van der Waals surface area contributed by atoms with Gasteiger partial charge < -0.3 is 20.6 Å². The predicted molar refractivity (Wildman–Crippen MR) is 77.9 cm³/mol. The molecule has 0 aromatic heterocycles. The largest absolute Gasteiger partial charge is 0.409 e. The number of morpholine rings is 1. The van der Waals surface area contributed by atoms with Gasteiger partial charge in [-0.1, -0.05) is 5.16 Å². The van der Waals surface area contributed by atoms with E-state index in [9.17, 15) is 10.1 Å². The number of nitro benzene ring substituents is 1. The Balaban J connectivity index is 2.54. The van der Waals surface area contributed by atoms with Crippen molar-refractivity contribution in [2.75, 3.05) is 24.7 Å². The van der Waals surface area contributed by atoms with Crippen LogP contribution in [0.1, 0.15) is 19.4 Å². The number of non-ortho nitro benzene ring substituents is 1. The Hall–Kier alpha value is -2.35. The normalized spacial score (nSPS) is 18.6. The Morgan fingerprint density at radius 2 is 2.29 bits per heavy atom. The summed E-state index contributed by atoms with van der Waals surface area (Å²) >= 11 is 0. The Bertz CT molecular complexity index is 586. The average Bonchev–Trinajstić information content (AvgIpc) is 2.45. The number of nitrogens with zero attached hydrogens (tertiary/aromatic N) is 3. The fraction of sp³-hybridized carbons (Fsp3) is 0.462. The smallest absolute Gasteiger partial charge is 0.270 e. The van der Waals surface area contributed by atoms with Gasteiger partial charge in [0.05, 0.1) is 29.2 Å². The predicted octanol–water partition coefficient (Wildman–Crippen LogP) is 1.30. The summed E-state index contributed by atoms with van der Waals surface area (Å²) in [6, 6.07) is 4.35. The second-order valence-electron chi connectivity index (χ2n) is 5.46. The van der Waals surface area contributed by atoms with Gasteiger partial charge in [0.25, 0.3) is 5.69 Å². The van der Waals surface area contributed by atoms with Crippen LogP contribution in [0.2, 0.25) is 0 Å². The number of hydrogen-bond donors (Lipinski definition) is 2. The van der Waals surface area contributed by atoms with Crippen LogP contribution in [0.4, 0.5) is 11.4 Å². The van der Waals surface area contributed by atoms with E-state index in [1.165, 1.54) is 12.1 Å². The Labute approximate surface area is 121 Å². The lowest BCUT2D eigenvalue weighted by Crippen LogP contribution is -2.53. The third kappa shape index (κ3) is 2.89. The highest BCUT2D eigenvalue weighted by Gasteiger charge is 2.33. The summed E-state index contributed by atoms with van der Waals surface area (Å²) in [7, 11) is 0. The molecule has 2 rings (SSSR count). The van der Waals surface area contributed by atoms with E-state index in [2.05, 4.69) is 5.16 Å². The second kappa shape index (κ2) is 5.57. The van der Waals surface area contributed by atoms with E-state index in [1.54, 1.807) is 6.07 Å². The molecule has 1 fully saturated rings. The van der Waals surface area contributed by atoms with Gasteiger partial charge in [-0.05, 0) is 19.9 Å². The van der Waals surface area contributed by atoms with Gasteiger partial charge in [0, 0.05) is 24.4 Å². The van der Waals surface area contributed by atoms with Crippen molar-refractivity contribution in [1.82, 2.24) is 0 Å². The highest BCUT2D eigenvalue weighted by molar-refractivity contribution is 6.03. The Morgan fingerprint density at radius 3 is 2.86 bits per heavy atom. The number of hydrogen-bond acceptors (Lipinski definition) is 6. The molecule has 1 aliphatic rings. The molecule has 1 saturated heterocycles. The second-order valence-corrected chi connectivity index (χ2v) is 5.46. The maximum Gasteiger partial charge on any atom is 0.270 e. The first kappa shape index (κ1) is 15.0. The molecule has 1 heterocycles. The molecular formula is C13H18N4O4. The molecule has 0 radical (unpaired) electrons. The molecule has 0 saturated carbocycles. The van der Waals surface area contributed by atoms with Gasteiger partial charge in [-0.3, -0.25) is 10.1 Å². The number of ether oxygens (including phenoxy) is 1. The van der Waals surface area contributed by atoms with E-state index in [4.69, 9.17) is 15.7 Å². The molecule has 3 N–H and O–H groups in total. The van der Waals surface area contributed by atoms with E-state index >= 15 is 0 Å². The zero-order chi connectivity index (χ0) is 15.6. The van der Waals surface area contributed by atoms with Crippen LogP contribution in [0.3, 0.4) is 0 Å². The van der Waals surface area contributed by atoms with Crippen LogP contribution >= 0.6 is 0 Å². The molecule has 0 aliphatic carbocycles. The zero-order valence-corrected chi connectivity index (χ0v) is 11.9. The summed E-state index contributed by atoms with van der Waals surface area (Å²) in [5.74, 6) is -0.156. The van der Waals surface area contributed by atoms with Crippen molar-refractivity contribution in [1.29, 1.82) is 0 Å². The van der Waals surface area contributed by atoms with Crippen molar-refractivity contribution in [2.24, 2.45) is 10.9 Å². The summed E-state index contributed by atoms with van der Waals surface area (Å²) in [6.45, 7) is 5.71. The number of oxime groups is 1. The molecule has 21 heavy (non-hydrogen) atoms. The van der Waals surface area contributed by atoms with Crippen LogP contribution in [-0.4, -0.2) is 41.3 Å². The van der Waals surface area contributed by atoms with E-state index < -0.39 is 4.92 Å². The van der Waals surface area contributed by atoms with Crippen LogP contribution in [-0.2, 0) is 4.74 Å². The van der Waals surface area contributed by atoms with Crippen LogP contribution in [0.15, 0.2) is 23.4 Å². The summed E-state index contributed by atoms with van der Waals surface area (Å²) in [6.07, 6.45) is 0. The molecular weight excluding hydrogens is 276 g/mol. The molecule has 1 aliphatic heterocycles. The number of nitro groups is 1. The Morgan fingerprint density at radius 1 is 1.57 bits per heavy atom. The lowest BCUT2D eigenvalue weighted by Gasteiger charge is -2.44. The Kier molecular flexibility index (Phi) is 3.99. The summed E-state index contributed by atoms with van der Waals surface area (Å²) in [5, 5.41) is 22.8. The first-order valence-electron chi connectivity index (χ1n) is 6.48. The van der Waals surface area contributed by atoms with Gasteiger partial charge in [-0.15, -0.1) is 0 Å². The van der Waals surface area contributed by atoms with Crippen molar-refractivity contribution in [3.63, 3.8) is 0 Å². The third-order valence-electron chi connectivity index (χ3n) is 3.51. The van der Waals surface area contributed by atoms with E-state index in [1.807, 2.05) is 18.7 Å². The maximum absolute atomic E-state index is 10.9. The van der Waals surface area contributed by atoms with Gasteiger partial charge in [0.2, 0.25) is 0 Å². The highest BCUT2D eigenvalue weighted by atomic mass is 16.6. The first-order chi connectivity index (χ1) is 9.86. The lowest BCUT2D eigenvalue weighted by atomic mass is 9.99. The van der Waals surface area contributed by atoms with E-state index in [0.717, 1.165) is 0 Å². The molecule has 0 bridgehead atoms. The lowest BCUT2D eigenvalue weighted by molar-refractivity contribution is -0.384. The average molecular weight is 294 g/mol. The van der Waals surface area contributed by atoms with Crippen molar-refractivity contribution in [2.45, 2.75) is 19.4 Å². The minimum absolute atomic E-state index is 0.105. The first-order valence-corrected chi connectivity index (χ1v) is 6.48. The molecule has 8 nitrogen and oxygen atoms in total. The maximum atomic E-state index is 10.9. The topological polar surface area (TPSA) is 114 Å². The van der Waals surface area contributed by atoms with Crippen molar-refractivity contribution < 1.29 is 14.9 Å². The van der Waals surface area contributed by atoms with Crippen LogP contribution in [0.25, 0.3) is 0 Å². The molecule has 0 unspecified atom stereocenters. The standard InChI is InChI=1S/C13H18N4O4/c1-13(2)8-21-6-5-16(13)11-4-3-9(17(19)20)7-10(11)12(14)15-18/h3-4,7,18H,5-6,8H2,1-2H3,(H2,14,15). The molecule has 0 amide bonds. The zero-order valence-electron chi connectivity index (χ0n) is 11.9. The van der Waals surface area contributed by atoms with Crippen LogP contribution in [0.5, 0.6) is 0 Å². The quantitative estimate of drug-likeness (QED) is 0.285. The van der Waals surface area contributed by atoms with E-state index in [0.29, 0.717) is 31.0 Å². The summed E-state index contributed by atoms with van der Waals surface area (Å²) in [4.78, 5) is 12.4. The minimum Gasteiger partial charge on any atom is -0.409 e. The number of rotatable bonds is 3. The van der Waals surface area contributed by atoms with Crippen LogP contribution < -0.4 is 10.6 Å². The molecule has 8 heteroatoms. The summed E-state index contributed by atoms with van der Waals surface area (Å²) in [5.41, 5.74) is 6.30.